The molecule has 1 N–H and O–H groups in total. The van der Waals surface area contributed by atoms with E-state index >= 15 is 0 Å². The van der Waals surface area contributed by atoms with E-state index in [4.69, 9.17) is 9.47 Å². The lowest BCUT2D eigenvalue weighted by molar-refractivity contribution is -0.114. The molecule has 0 atom stereocenters. The van der Waals surface area contributed by atoms with Crippen molar-refractivity contribution >= 4 is 43.0 Å². The predicted octanol–water partition coefficient (Wildman–Crippen LogP) is 2.93. The van der Waals surface area contributed by atoms with Gasteiger partial charge in [0, 0.05) is 18.8 Å². The van der Waals surface area contributed by atoms with Gasteiger partial charge in [-0.15, -0.1) is 0 Å². The number of amides is 1. The van der Waals surface area contributed by atoms with E-state index in [1.807, 2.05) is 0 Å². The van der Waals surface area contributed by atoms with Gasteiger partial charge < -0.3 is 14.8 Å². The van der Waals surface area contributed by atoms with Crippen molar-refractivity contribution in [1.29, 1.82) is 0 Å². The zero-order valence-corrected chi connectivity index (χ0v) is 21.8. The molecule has 1 amide bonds. The number of nitrogens with one attached hydrogen (secondary N) is 1. The van der Waals surface area contributed by atoms with Gasteiger partial charge in [-0.2, -0.15) is 0 Å². The van der Waals surface area contributed by atoms with Crippen molar-refractivity contribution in [2.24, 2.45) is 0 Å². The summed E-state index contributed by atoms with van der Waals surface area (Å²) in [6.45, 7) is -0.557. The fraction of sp³-hybridized carbons (Fsp3) is 0.208. The van der Waals surface area contributed by atoms with Gasteiger partial charge in [-0.1, -0.05) is 24.3 Å². The minimum absolute atomic E-state index is 0.00404. The van der Waals surface area contributed by atoms with Gasteiger partial charge in [0.25, 0.3) is 10.0 Å². The minimum atomic E-state index is -4.14. The van der Waals surface area contributed by atoms with E-state index in [9.17, 15) is 21.6 Å². The van der Waals surface area contributed by atoms with Crippen molar-refractivity contribution in [3.8, 4) is 11.5 Å². The molecule has 0 aliphatic heterocycles. The van der Waals surface area contributed by atoms with Crippen molar-refractivity contribution in [1.82, 2.24) is 0 Å². The minimum Gasteiger partial charge on any atom is -0.493 e. The first-order valence-corrected chi connectivity index (χ1v) is 13.9. The molecule has 0 aliphatic carbocycles. The average molecular weight is 534 g/mol. The molecule has 0 radical (unpaired) electrons. The molecule has 3 aromatic rings. The first-order chi connectivity index (χ1) is 17.0. The molecule has 3 aromatic carbocycles. The molecular weight excluding hydrogens is 506 g/mol. The van der Waals surface area contributed by atoms with Crippen LogP contribution in [0.25, 0.3) is 0 Å². The van der Waals surface area contributed by atoms with Crippen LogP contribution in [0, 0.1) is 0 Å². The molecule has 0 fully saturated rings. The number of sulfonamides is 2. The Balaban J connectivity index is 1.96. The van der Waals surface area contributed by atoms with Crippen molar-refractivity contribution in [2.75, 3.05) is 48.0 Å². The lowest BCUT2D eigenvalue weighted by atomic mass is 10.2. The summed E-state index contributed by atoms with van der Waals surface area (Å²) < 4.78 is 63.3. The fourth-order valence-electron chi connectivity index (χ4n) is 3.32. The molecule has 3 rings (SSSR count). The van der Waals surface area contributed by atoms with Crippen molar-refractivity contribution in [3.63, 3.8) is 0 Å². The summed E-state index contributed by atoms with van der Waals surface area (Å²) in [5.74, 6) is 0.0539. The molecular formula is C24H27N3O7S2. The van der Waals surface area contributed by atoms with E-state index in [1.54, 1.807) is 42.5 Å². The summed E-state index contributed by atoms with van der Waals surface area (Å²) in [7, 11) is -3.38. The molecule has 0 aliphatic rings. The number of carbonyl (C=O) groups excluding carboxylic acids is 1. The van der Waals surface area contributed by atoms with E-state index in [2.05, 4.69) is 5.32 Å². The number of benzene rings is 3. The molecule has 10 nitrogen and oxygen atoms in total. The van der Waals surface area contributed by atoms with Crippen LogP contribution < -0.4 is 23.4 Å². The van der Waals surface area contributed by atoms with Gasteiger partial charge in [0.15, 0.2) is 11.5 Å². The van der Waals surface area contributed by atoms with Gasteiger partial charge in [0.2, 0.25) is 15.9 Å². The molecule has 12 heteroatoms. The zero-order chi connectivity index (χ0) is 26.5. The highest BCUT2D eigenvalue weighted by Gasteiger charge is 2.28. The summed E-state index contributed by atoms with van der Waals surface area (Å²) in [5, 5.41) is 2.64. The number of carbonyl (C=O) groups is 1. The number of methoxy groups -OCH3 is 2. The lowest BCUT2D eigenvalue weighted by Crippen LogP contribution is -2.38. The number of rotatable bonds is 10. The third-order valence-electron chi connectivity index (χ3n) is 5.26. The monoisotopic (exact) mass is 533 g/mol. The molecule has 0 bridgehead atoms. The van der Waals surface area contributed by atoms with Gasteiger partial charge in [-0.05, 0) is 42.5 Å². The summed E-state index contributed by atoms with van der Waals surface area (Å²) in [6.07, 6.45) is 1.06. The third-order valence-corrected chi connectivity index (χ3v) is 8.26. The number of nitrogens with zero attached hydrogens (tertiary/aromatic N) is 2. The maximum Gasteiger partial charge on any atom is 0.264 e. The smallest absolute Gasteiger partial charge is 0.264 e. The summed E-state index contributed by atoms with van der Waals surface area (Å²) >= 11 is 0. The summed E-state index contributed by atoms with van der Waals surface area (Å²) in [4.78, 5) is 13.0. The molecule has 0 aromatic heterocycles. The molecule has 0 heterocycles. The fourth-order valence-corrected chi connectivity index (χ4v) is 5.25. The predicted molar refractivity (Wildman–Crippen MR) is 139 cm³/mol. The van der Waals surface area contributed by atoms with Crippen LogP contribution in [0.3, 0.4) is 0 Å². The largest absolute Gasteiger partial charge is 0.493 e. The summed E-state index contributed by atoms with van der Waals surface area (Å²) in [6, 6.07) is 18.5. The van der Waals surface area contributed by atoms with Crippen LogP contribution in [0.2, 0.25) is 0 Å². The molecule has 0 spiro atoms. The Morgan fingerprint density at radius 2 is 1.50 bits per heavy atom. The standard InChI is InChI=1S/C24H27N3O7S2/c1-26(35(4,29)30)19-10-8-9-18(15-19)25-24(28)17-27(36(31,32)21-11-6-5-7-12-21)20-13-14-22(33-2)23(16-20)34-3/h5-16H,17H2,1-4H3,(H,25,28). The Bertz CT molecular complexity index is 1440. The van der Waals surface area contributed by atoms with Crippen molar-refractivity contribution in [3.05, 3.63) is 72.8 Å². The second-order valence-corrected chi connectivity index (χ2v) is 11.6. The van der Waals surface area contributed by atoms with Crippen molar-refractivity contribution < 1.29 is 31.1 Å². The van der Waals surface area contributed by atoms with Crippen LogP contribution >= 0.6 is 0 Å². The van der Waals surface area contributed by atoms with E-state index in [1.165, 1.54) is 51.6 Å². The van der Waals surface area contributed by atoms with Gasteiger partial charge in [0.1, 0.15) is 6.54 Å². The average Bonchev–Trinajstić information content (AvgIpc) is 2.86. The zero-order valence-electron chi connectivity index (χ0n) is 20.2. The Labute approximate surface area is 211 Å². The Hall–Kier alpha value is -3.77. The number of hydrogen-bond acceptors (Lipinski definition) is 7. The molecule has 0 saturated heterocycles. The molecule has 36 heavy (non-hydrogen) atoms. The topological polar surface area (TPSA) is 122 Å². The first kappa shape index (κ1) is 26.8. The van der Waals surface area contributed by atoms with Gasteiger partial charge in [-0.3, -0.25) is 13.4 Å². The Morgan fingerprint density at radius 1 is 0.833 bits per heavy atom. The molecule has 0 unspecified atom stereocenters. The van der Waals surface area contributed by atoms with E-state index in [-0.39, 0.29) is 10.6 Å². The number of anilines is 3. The van der Waals surface area contributed by atoms with Crippen LogP contribution in [-0.4, -0.2) is 56.8 Å². The van der Waals surface area contributed by atoms with E-state index < -0.39 is 32.5 Å². The quantitative estimate of drug-likeness (QED) is 0.425. The lowest BCUT2D eigenvalue weighted by Gasteiger charge is -2.25. The normalized spacial score (nSPS) is 11.4. The Kier molecular flexibility index (Phi) is 8.10. The highest BCUT2D eigenvalue weighted by Crippen LogP contribution is 2.34. The van der Waals surface area contributed by atoms with Crippen molar-refractivity contribution in [2.45, 2.75) is 4.90 Å². The molecule has 0 saturated carbocycles. The van der Waals surface area contributed by atoms with Gasteiger partial charge in [0.05, 0.1) is 36.7 Å². The highest BCUT2D eigenvalue weighted by atomic mass is 32.2. The van der Waals surface area contributed by atoms with Crippen LogP contribution in [0.15, 0.2) is 77.7 Å². The van der Waals surface area contributed by atoms with Gasteiger partial charge >= 0.3 is 0 Å². The first-order valence-electron chi connectivity index (χ1n) is 10.6. The summed E-state index contributed by atoms with van der Waals surface area (Å²) in [5.41, 5.74) is 0.832. The SMILES string of the molecule is COc1ccc(N(CC(=O)Nc2cccc(N(C)S(C)(=O)=O)c2)S(=O)(=O)c2ccccc2)cc1OC. The highest BCUT2D eigenvalue weighted by molar-refractivity contribution is 7.93. The van der Waals surface area contributed by atoms with E-state index in [0.29, 0.717) is 22.9 Å². The molecule has 192 valence electrons. The van der Waals surface area contributed by atoms with Crippen LogP contribution in [0.1, 0.15) is 0 Å². The van der Waals surface area contributed by atoms with E-state index in [0.717, 1.165) is 14.9 Å². The van der Waals surface area contributed by atoms with Gasteiger partial charge in [-0.25, -0.2) is 16.8 Å². The second kappa shape index (κ2) is 10.9. The maximum atomic E-state index is 13.5. The Morgan fingerprint density at radius 3 is 2.11 bits per heavy atom. The number of hydrogen-bond donors (Lipinski definition) is 1. The third kappa shape index (κ3) is 6.07. The maximum absolute atomic E-state index is 13.5. The number of ether oxygens (including phenoxy) is 2. The van der Waals surface area contributed by atoms with Crippen LogP contribution in [0.4, 0.5) is 17.1 Å². The van der Waals surface area contributed by atoms with Crippen LogP contribution in [-0.2, 0) is 24.8 Å². The second-order valence-electron chi connectivity index (χ2n) is 7.69. The van der Waals surface area contributed by atoms with Crippen LogP contribution in [0.5, 0.6) is 11.5 Å².